The monoisotopic (exact) mass is 194 g/mol. The minimum absolute atomic E-state index is 0.434. The Kier molecular flexibility index (Phi) is 3.92. The molecule has 0 aliphatic heterocycles. The van der Waals surface area contributed by atoms with Crippen molar-refractivity contribution in [3.8, 4) is 0 Å². The third-order valence-corrected chi connectivity index (χ3v) is 2.23. The van der Waals surface area contributed by atoms with Crippen LogP contribution in [0.15, 0.2) is 24.3 Å². The standard InChI is InChI=1S/C11H18N2O/c1-13(2)10-5-3-9(4-6-10)11(14)7-8-12/h3-6,11,14H,7-8,12H2,1-2H3. The number of hydrogen-bond donors (Lipinski definition) is 2. The Bertz CT molecular complexity index is 269. The van der Waals surface area contributed by atoms with Crippen LogP contribution < -0.4 is 10.6 Å². The van der Waals surface area contributed by atoms with E-state index in [1.807, 2.05) is 43.3 Å². The highest BCUT2D eigenvalue weighted by atomic mass is 16.3. The van der Waals surface area contributed by atoms with Gasteiger partial charge in [0.1, 0.15) is 0 Å². The first-order valence-corrected chi connectivity index (χ1v) is 4.80. The first-order chi connectivity index (χ1) is 6.65. The van der Waals surface area contributed by atoms with E-state index in [0.29, 0.717) is 13.0 Å². The molecule has 1 atom stereocenters. The molecular weight excluding hydrogens is 176 g/mol. The first kappa shape index (κ1) is 11.0. The molecule has 3 heteroatoms. The second-order valence-corrected chi connectivity index (χ2v) is 3.58. The Balaban J connectivity index is 2.72. The summed E-state index contributed by atoms with van der Waals surface area (Å²) in [4.78, 5) is 2.03. The van der Waals surface area contributed by atoms with Crippen LogP contribution in [0.2, 0.25) is 0 Å². The van der Waals surface area contributed by atoms with Gasteiger partial charge in [0, 0.05) is 19.8 Å². The Morgan fingerprint density at radius 2 is 1.86 bits per heavy atom. The number of nitrogens with zero attached hydrogens (tertiary/aromatic N) is 1. The van der Waals surface area contributed by atoms with Crippen molar-refractivity contribution in [2.75, 3.05) is 25.5 Å². The Morgan fingerprint density at radius 1 is 1.29 bits per heavy atom. The SMILES string of the molecule is CN(C)c1ccc(C(O)CCN)cc1. The van der Waals surface area contributed by atoms with Gasteiger partial charge in [-0.15, -0.1) is 0 Å². The van der Waals surface area contributed by atoms with Gasteiger partial charge < -0.3 is 15.7 Å². The molecule has 3 nitrogen and oxygen atoms in total. The van der Waals surface area contributed by atoms with Crippen LogP contribution in [0.3, 0.4) is 0 Å². The Labute approximate surface area is 85.2 Å². The molecule has 14 heavy (non-hydrogen) atoms. The molecule has 0 bridgehead atoms. The summed E-state index contributed by atoms with van der Waals surface area (Å²) in [6.07, 6.45) is 0.178. The van der Waals surface area contributed by atoms with Crippen molar-refractivity contribution in [3.05, 3.63) is 29.8 Å². The maximum atomic E-state index is 9.66. The summed E-state index contributed by atoms with van der Waals surface area (Å²) < 4.78 is 0. The van der Waals surface area contributed by atoms with Crippen LogP contribution in [0.5, 0.6) is 0 Å². The van der Waals surface area contributed by atoms with Crippen LogP contribution >= 0.6 is 0 Å². The van der Waals surface area contributed by atoms with Crippen molar-refractivity contribution in [1.29, 1.82) is 0 Å². The molecular formula is C11H18N2O. The van der Waals surface area contributed by atoms with Gasteiger partial charge in [0.05, 0.1) is 6.10 Å². The van der Waals surface area contributed by atoms with Gasteiger partial charge in [-0.2, -0.15) is 0 Å². The predicted octanol–water partition coefficient (Wildman–Crippen LogP) is 1.13. The molecule has 0 saturated carbocycles. The fourth-order valence-corrected chi connectivity index (χ4v) is 1.32. The summed E-state index contributed by atoms with van der Waals surface area (Å²) >= 11 is 0. The molecule has 0 saturated heterocycles. The van der Waals surface area contributed by atoms with E-state index in [2.05, 4.69) is 0 Å². The fourth-order valence-electron chi connectivity index (χ4n) is 1.32. The Morgan fingerprint density at radius 3 is 2.29 bits per heavy atom. The van der Waals surface area contributed by atoms with Crippen molar-refractivity contribution < 1.29 is 5.11 Å². The molecule has 1 unspecified atom stereocenters. The quantitative estimate of drug-likeness (QED) is 0.755. The molecule has 0 amide bonds. The van der Waals surface area contributed by atoms with Gasteiger partial charge in [0.2, 0.25) is 0 Å². The smallest absolute Gasteiger partial charge is 0.0802 e. The zero-order valence-electron chi connectivity index (χ0n) is 8.77. The summed E-state index contributed by atoms with van der Waals surface area (Å²) in [6, 6.07) is 7.87. The van der Waals surface area contributed by atoms with Crippen molar-refractivity contribution in [3.63, 3.8) is 0 Å². The minimum atomic E-state index is -0.434. The van der Waals surface area contributed by atoms with Gasteiger partial charge in [-0.3, -0.25) is 0 Å². The number of nitrogens with two attached hydrogens (primary N) is 1. The molecule has 0 heterocycles. The average Bonchev–Trinajstić information content (AvgIpc) is 2.18. The number of hydrogen-bond acceptors (Lipinski definition) is 3. The van der Waals surface area contributed by atoms with E-state index >= 15 is 0 Å². The molecule has 78 valence electrons. The maximum absolute atomic E-state index is 9.66. The van der Waals surface area contributed by atoms with Crippen LogP contribution in [-0.2, 0) is 0 Å². The van der Waals surface area contributed by atoms with Gasteiger partial charge in [-0.25, -0.2) is 0 Å². The number of aliphatic hydroxyl groups is 1. The molecule has 0 radical (unpaired) electrons. The third kappa shape index (κ3) is 2.72. The number of anilines is 1. The van der Waals surface area contributed by atoms with Crippen molar-refractivity contribution in [1.82, 2.24) is 0 Å². The summed E-state index contributed by atoms with van der Waals surface area (Å²) in [5, 5.41) is 9.66. The number of aliphatic hydroxyl groups excluding tert-OH is 1. The van der Waals surface area contributed by atoms with Gasteiger partial charge in [-0.1, -0.05) is 12.1 Å². The van der Waals surface area contributed by atoms with E-state index < -0.39 is 6.10 Å². The third-order valence-electron chi connectivity index (χ3n) is 2.23. The lowest BCUT2D eigenvalue weighted by Crippen LogP contribution is -2.09. The summed E-state index contributed by atoms with van der Waals surface area (Å²) in [7, 11) is 3.98. The normalized spacial score (nSPS) is 12.6. The van der Waals surface area contributed by atoms with E-state index in [4.69, 9.17) is 5.73 Å². The second-order valence-electron chi connectivity index (χ2n) is 3.58. The van der Waals surface area contributed by atoms with E-state index in [1.165, 1.54) is 0 Å². The molecule has 1 aromatic carbocycles. The highest BCUT2D eigenvalue weighted by molar-refractivity contribution is 5.46. The van der Waals surface area contributed by atoms with Gasteiger partial charge in [0.15, 0.2) is 0 Å². The average molecular weight is 194 g/mol. The molecule has 1 aromatic rings. The van der Waals surface area contributed by atoms with E-state index in [1.54, 1.807) is 0 Å². The first-order valence-electron chi connectivity index (χ1n) is 4.80. The summed E-state index contributed by atoms with van der Waals surface area (Å²) in [5.74, 6) is 0. The zero-order valence-corrected chi connectivity index (χ0v) is 8.77. The zero-order chi connectivity index (χ0) is 10.6. The second kappa shape index (κ2) is 4.98. The molecule has 0 aliphatic carbocycles. The lowest BCUT2D eigenvalue weighted by Gasteiger charge is -2.14. The van der Waals surface area contributed by atoms with Crippen molar-refractivity contribution >= 4 is 5.69 Å². The van der Waals surface area contributed by atoms with E-state index in [-0.39, 0.29) is 0 Å². The van der Waals surface area contributed by atoms with Gasteiger partial charge in [-0.05, 0) is 30.7 Å². The molecule has 3 N–H and O–H groups in total. The van der Waals surface area contributed by atoms with E-state index in [9.17, 15) is 5.11 Å². The fraction of sp³-hybridized carbons (Fsp3) is 0.455. The maximum Gasteiger partial charge on any atom is 0.0802 e. The van der Waals surface area contributed by atoms with Crippen LogP contribution in [0.1, 0.15) is 18.1 Å². The Hall–Kier alpha value is -1.06. The van der Waals surface area contributed by atoms with Crippen LogP contribution in [-0.4, -0.2) is 25.7 Å². The van der Waals surface area contributed by atoms with Crippen LogP contribution in [0.25, 0.3) is 0 Å². The summed E-state index contributed by atoms with van der Waals surface area (Å²) in [6.45, 7) is 0.511. The van der Waals surface area contributed by atoms with Crippen molar-refractivity contribution in [2.45, 2.75) is 12.5 Å². The molecule has 0 spiro atoms. The highest BCUT2D eigenvalue weighted by Crippen LogP contribution is 2.19. The predicted molar refractivity (Wildman–Crippen MR) is 59.4 cm³/mol. The lowest BCUT2D eigenvalue weighted by molar-refractivity contribution is 0.170. The summed E-state index contributed by atoms with van der Waals surface area (Å²) in [5.41, 5.74) is 7.44. The molecule has 0 fully saturated rings. The van der Waals surface area contributed by atoms with Crippen LogP contribution in [0, 0.1) is 0 Å². The van der Waals surface area contributed by atoms with Crippen LogP contribution in [0.4, 0.5) is 5.69 Å². The lowest BCUT2D eigenvalue weighted by atomic mass is 10.1. The highest BCUT2D eigenvalue weighted by Gasteiger charge is 2.05. The molecule has 0 aromatic heterocycles. The van der Waals surface area contributed by atoms with Crippen molar-refractivity contribution in [2.24, 2.45) is 5.73 Å². The number of benzene rings is 1. The topological polar surface area (TPSA) is 49.5 Å². The van der Waals surface area contributed by atoms with E-state index in [0.717, 1.165) is 11.3 Å². The van der Waals surface area contributed by atoms with Gasteiger partial charge in [0.25, 0.3) is 0 Å². The van der Waals surface area contributed by atoms with Gasteiger partial charge >= 0.3 is 0 Å². The molecule has 1 rings (SSSR count). The number of rotatable bonds is 4. The minimum Gasteiger partial charge on any atom is -0.388 e. The molecule has 0 aliphatic rings. The largest absolute Gasteiger partial charge is 0.388 e.